The Morgan fingerprint density at radius 1 is 1.24 bits per heavy atom. The van der Waals surface area contributed by atoms with Gasteiger partial charge in [-0.1, -0.05) is 13.0 Å². The van der Waals surface area contributed by atoms with Crippen molar-refractivity contribution in [2.75, 3.05) is 5.73 Å². The molecule has 3 rings (SSSR count). The van der Waals surface area contributed by atoms with E-state index in [2.05, 4.69) is 16.5 Å². The molecule has 0 saturated carbocycles. The van der Waals surface area contributed by atoms with Gasteiger partial charge < -0.3 is 10.3 Å². The fraction of sp³-hybridized carbons (Fsp3) is 0.235. The summed E-state index contributed by atoms with van der Waals surface area (Å²) in [6, 6.07) is 10.8. The quantitative estimate of drug-likeness (QED) is 0.734. The van der Waals surface area contributed by atoms with Crippen molar-refractivity contribution in [3.8, 4) is 11.4 Å². The average molecular weight is 283 g/mol. The van der Waals surface area contributed by atoms with Crippen molar-refractivity contribution in [3.05, 3.63) is 47.8 Å². The number of hydrogen-bond donors (Lipinski definition) is 1. The maximum absolute atomic E-state index is 14.0. The van der Waals surface area contributed by atoms with Crippen LogP contribution in [0.25, 0.3) is 22.4 Å². The maximum Gasteiger partial charge on any atom is 0.151 e. The third-order valence-electron chi connectivity index (χ3n) is 3.67. The van der Waals surface area contributed by atoms with Gasteiger partial charge >= 0.3 is 0 Å². The minimum atomic E-state index is -0.281. The molecule has 3 aromatic rings. The van der Waals surface area contributed by atoms with Gasteiger partial charge in [0, 0.05) is 17.8 Å². The zero-order valence-electron chi connectivity index (χ0n) is 12.2. The van der Waals surface area contributed by atoms with Crippen molar-refractivity contribution >= 4 is 16.7 Å². The van der Waals surface area contributed by atoms with Gasteiger partial charge in [0.2, 0.25) is 0 Å². The first kappa shape index (κ1) is 13.6. The number of hydrogen-bond acceptors (Lipinski definition) is 2. The lowest BCUT2D eigenvalue weighted by molar-refractivity contribution is 0.637. The van der Waals surface area contributed by atoms with Crippen LogP contribution in [0.4, 0.5) is 10.1 Å². The minimum absolute atomic E-state index is 0.281. The van der Waals surface area contributed by atoms with Gasteiger partial charge in [0.05, 0.1) is 5.52 Å². The molecule has 0 fully saturated rings. The van der Waals surface area contributed by atoms with Gasteiger partial charge in [-0.05, 0) is 49.2 Å². The summed E-state index contributed by atoms with van der Waals surface area (Å²) >= 11 is 0. The molecule has 0 aliphatic heterocycles. The summed E-state index contributed by atoms with van der Waals surface area (Å²) in [5.41, 5.74) is 9.84. The number of nitrogen functional groups attached to an aromatic ring is 1. The number of halogens is 1. The molecule has 0 saturated heterocycles. The van der Waals surface area contributed by atoms with Crippen LogP contribution in [0.1, 0.15) is 18.9 Å². The maximum atomic E-state index is 14.0. The Morgan fingerprint density at radius 2 is 2.05 bits per heavy atom. The molecule has 2 aromatic carbocycles. The first-order chi connectivity index (χ1) is 10.1. The predicted molar refractivity (Wildman–Crippen MR) is 84.6 cm³/mol. The molecule has 0 unspecified atom stereocenters. The molecule has 108 valence electrons. The highest BCUT2D eigenvalue weighted by Crippen LogP contribution is 2.29. The Kier molecular flexibility index (Phi) is 3.37. The molecule has 0 atom stereocenters. The second kappa shape index (κ2) is 5.20. The molecule has 4 heteroatoms. The van der Waals surface area contributed by atoms with Crippen molar-refractivity contribution in [3.63, 3.8) is 0 Å². The lowest BCUT2D eigenvalue weighted by Crippen LogP contribution is -2.01. The fourth-order valence-electron chi connectivity index (χ4n) is 2.71. The molecular weight excluding hydrogens is 265 g/mol. The van der Waals surface area contributed by atoms with E-state index in [1.165, 1.54) is 6.07 Å². The molecule has 0 radical (unpaired) electrons. The van der Waals surface area contributed by atoms with E-state index in [0.29, 0.717) is 5.52 Å². The van der Waals surface area contributed by atoms with E-state index in [4.69, 9.17) is 5.73 Å². The SMILES string of the molecule is CCCn1c(-c2ccc(N)cc2C)nc2c(F)cccc21. The van der Waals surface area contributed by atoms with Crippen LogP contribution in [0.5, 0.6) is 0 Å². The van der Waals surface area contributed by atoms with Gasteiger partial charge in [0.1, 0.15) is 11.3 Å². The van der Waals surface area contributed by atoms with Crippen LogP contribution < -0.4 is 5.73 Å². The van der Waals surface area contributed by atoms with Gasteiger partial charge in [-0.3, -0.25) is 0 Å². The lowest BCUT2D eigenvalue weighted by Gasteiger charge is -2.10. The van der Waals surface area contributed by atoms with Crippen molar-refractivity contribution in [2.45, 2.75) is 26.8 Å². The Hall–Kier alpha value is -2.36. The van der Waals surface area contributed by atoms with E-state index in [0.717, 1.165) is 41.1 Å². The number of imidazole rings is 1. The van der Waals surface area contributed by atoms with E-state index < -0.39 is 0 Å². The van der Waals surface area contributed by atoms with Crippen LogP contribution in [0.2, 0.25) is 0 Å². The molecule has 21 heavy (non-hydrogen) atoms. The zero-order valence-corrected chi connectivity index (χ0v) is 12.2. The minimum Gasteiger partial charge on any atom is -0.399 e. The first-order valence-electron chi connectivity index (χ1n) is 7.13. The Morgan fingerprint density at radius 3 is 2.76 bits per heavy atom. The monoisotopic (exact) mass is 283 g/mol. The molecule has 0 spiro atoms. The summed E-state index contributed by atoms with van der Waals surface area (Å²) in [4.78, 5) is 4.54. The number of nitrogens with two attached hydrogens (primary N) is 1. The van der Waals surface area contributed by atoms with Gasteiger partial charge in [0.25, 0.3) is 0 Å². The molecule has 0 aliphatic rings. The average Bonchev–Trinajstić information content (AvgIpc) is 2.80. The topological polar surface area (TPSA) is 43.8 Å². The number of benzene rings is 2. The summed E-state index contributed by atoms with van der Waals surface area (Å²) in [5, 5.41) is 0. The number of fused-ring (bicyclic) bond motifs is 1. The largest absolute Gasteiger partial charge is 0.399 e. The number of aryl methyl sites for hydroxylation is 2. The number of para-hydroxylation sites is 1. The van der Waals surface area contributed by atoms with Crippen LogP contribution in [0, 0.1) is 12.7 Å². The molecule has 0 amide bonds. The zero-order chi connectivity index (χ0) is 15.0. The highest BCUT2D eigenvalue weighted by atomic mass is 19.1. The fourth-order valence-corrected chi connectivity index (χ4v) is 2.71. The normalized spacial score (nSPS) is 11.2. The third-order valence-corrected chi connectivity index (χ3v) is 3.67. The summed E-state index contributed by atoms with van der Waals surface area (Å²) in [6.07, 6.45) is 0.961. The summed E-state index contributed by atoms with van der Waals surface area (Å²) < 4.78 is 16.1. The van der Waals surface area contributed by atoms with E-state index in [1.54, 1.807) is 6.07 Å². The lowest BCUT2D eigenvalue weighted by atomic mass is 10.1. The molecule has 2 N–H and O–H groups in total. The Bertz CT molecular complexity index is 805. The van der Waals surface area contributed by atoms with Crippen LogP contribution in [0.15, 0.2) is 36.4 Å². The smallest absolute Gasteiger partial charge is 0.151 e. The van der Waals surface area contributed by atoms with E-state index in [9.17, 15) is 4.39 Å². The van der Waals surface area contributed by atoms with Crippen LogP contribution in [-0.4, -0.2) is 9.55 Å². The third kappa shape index (κ3) is 2.27. The highest BCUT2D eigenvalue weighted by molar-refractivity contribution is 5.82. The first-order valence-corrected chi connectivity index (χ1v) is 7.13. The van der Waals surface area contributed by atoms with Crippen LogP contribution in [0.3, 0.4) is 0 Å². The van der Waals surface area contributed by atoms with Crippen molar-refractivity contribution < 1.29 is 4.39 Å². The summed E-state index contributed by atoms with van der Waals surface area (Å²) in [7, 11) is 0. The molecule has 1 aromatic heterocycles. The highest BCUT2D eigenvalue weighted by Gasteiger charge is 2.16. The standard InChI is InChI=1S/C17H18FN3/c1-3-9-21-15-6-4-5-14(18)16(15)20-17(21)13-8-7-12(19)10-11(13)2/h4-8,10H,3,9,19H2,1-2H3. The number of rotatable bonds is 3. The number of aromatic nitrogens is 2. The molecule has 0 aliphatic carbocycles. The van der Waals surface area contributed by atoms with Gasteiger partial charge in [-0.15, -0.1) is 0 Å². The number of anilines is 1. The second-order valence-electron chi connectivity index (χ2n) is 5.27. The number of nitrogens with zero attached hydrogens (tertiary/aromatic N) is 2. The van der Waals surface area contributed by atoms with Gasteiger partial charge in [-0.25, -0.2) is 9.37 Å². The molecule has 0 bridgehead atoms. The van der Waals surface area contributed by atoms with Gasteiger partial charge in [0.15, 0.2) is 5.82 Å². The second-order valence-corrected chi connectivity index (χ2v) is 5.27. The molecule has 3 nitrogen and oxygen atoms in total. The van der Waals surface area contributed by atoms with E-state index in [1.807, 2.05) is 31.2 Å². The van der Waals surface area contributed by atoms with Crippen LogP contribution >= 0.6 is 0 Å². The van der Waals surface area contributed by atoms with E-state index >= 15 is 0 Å². The van der Waals surface area contributed by atoms with Crippen molar-refractivity contribution in [1.82, 2.24) is 9.55 Å². The van der Waals surface area contributed by atoms with Crippen molar-refractivity contribution in [1.29, 1.82) is 0 Å². The van der Waals surface area contributed by atoms with Crippen LogP contribution in [-0.2, 0) is 6.54 Å². The van der Waals surface area contributed by atoms with E-state index in [-0.39, 0.29) is 5.82 Å². The summed E-state index contributed by atoms with van der Waals surface area (Å²) in [6.45, 7) is 4.90. The van der Waals surface area contributed by atoms with Gasteiger partial charge in [-0.2, -0.15) is 0 Å². The van der Waals surface area contributed by atoms with Crippen molar-refractivity contribution in [2.24, 2.45) is 0 Å². The summed E-state index contributed by atoms with van der Waals surface area (Å²) in [5.74, 6) is 0.520. The molecule has 1 heterocycles. The predicted octanol–water partition coefficient (Wildman–Crippen LogP) is 4.14. The Balaban J connectivity index is 2.30. The molecular formula is C17H18FN3. The Labute approximate surface area is 123 Å².